The number of halogens is 1. The molecule has 1 aliphatic rings. The second-order valence-electron chi connectivity index (χ2n) is 8.04. The molecule has 3 N–H and O–H groups in total. The molecule has 8 heteroatoms. The summed E-state index contributed by atoms with van der Waals surface area (Å²) in [5.74, 6) is 1.95. The van der Waals surface area contributed by atoms with Crippen LogP contribution in [0, 0.1) is 0 Å². The largest absolute Gasteiger partial charge is 0.361 e. The number of nitrogens with one attached hydrogen (secondary N) is 3. The molecule has 168 valence electrons. The lowest BCUT2D eigenvalue weighted by atomic mass is 9.96. The molecule has 0 spiro atoms. The van der Waals surface area contributed by atoms with Crippen LogP contribution in [0.25, 0.3) is 10.9 Å². The Hall–Kier alpha value is -2.10. The van der Waals surface area contributed by atoms with E-state index >= 15 is 0 Å². The number of nitrogens with zero attached hydrogens (tertiary/aromatic N) is 4. The molecule has 2 heterocycles. The summed E-state index contributed by atoms with van der Waals surface area (Å²) < 4.78 is 2.11. The number of aromatic amines is 1. The summed E-state index contributed by atoms with van der Waals surface area (Å²) in [5, 5.41) is 16.7. The number of fused-ring (bicyclic) bond motifs is 1. The predicted molar refractivity (Wildman–Crippen MR) is 137 cm³/mol. The van der Waals surface area contributed by atoms with E-state index in [0.717, 1.165) is 44.3 Å². The Labute approximate surface area is 201 Å². The highest BCUT2D eigenvalue weighted by Crippen LogP contribution is 2.18. The maximum absolute atomic E-state index is 4.90. The van der Waals surface area contributed by atoms with Gasteiger partial charge in [0.1, 0.15) is 12.2 Å². The monoisotopic (exact) mass is 535 g/mol. The summed E-state index contributed by atoms with van der Waals surface area (Å²) in [4.78, 5) is 8.26. The third kappa shape index (κ3) is 6.44. The molecule has 1 aromatic carbocycles. The highest BCUT2D eigenvalue weighted by atomic mass is 127. The minimum atomic E-state index is 0. The second-order valence-corrected chi connectivity index (χ2v) is 8.04. The average molecular weight is 535 g/mol. The molecule has 0 radical (unpaired) electrons. The number of aromatic nitrogens is 4. The van der Waals surface area contributed by atoms with Crippen molar-refractivity contribution in [1.29, 1.82) is 0 Å². The number of para-hydroxylation sites is 1. The van der Waals surface area contributed by atoms with Crippen molar-refractivity contribution < 1.29 is 0 Å². The number of aryl methyl sites for hydroxylation is 1. The van der Waals surface area contributed by atoms with Crippen LogP contribution in [0.3, 0.4) is 0 Å². The molecular formula is C23H34IN7. The molecule has 1 fully saturated rings. The Bertz CT molecular complexity index is 956. The smallest absolute Gasteiger partial charge is 0.191 e. The average Bonchev–Trinajstić information content (AvgIpc) is 3.41. The Balaban J connectivity index is 0.00000272. The summed E-state index contributed by atoms with van der Waals surface area (Å²) in [5.41, 5.74) is 2.51. The molecule has 0 saturated heterocycles. The van der Waals surface area contributed by atoms with E-state index in [9.17, 15) is 0 Å². The van der Waals surface area contributed by atoms with Crippen LogP contribution in [0.2, 0.25) is 0 Å². The van der Waals surface area contributed by atoms with Crippen molar-refractivity contribution in [2.45, 2.75) is 64.5 Å². The number of hydrogen-bond donors (Lipinski definition) is 3. The maximum Gasteiger partial charge on any atom is 0.191 e. The van der Waals surface area contributed by atoms with Gasteiger partial charge in [-0.05, 0) is 30.9 Å². The number of aliphatic imine (C=N–C) groups is 1. The van der Waals surface area contributed by atoms with Crippen LogP contribution in [-0.2, 0) is 19.4 Å². The van der Waals surface area contributed by atoms with Crippen molar-refractivity contribution in [2.24, 2.45) is 4.99 Å². The third-order valence-electron chi connectivity index (χ3n) is 5.93. The molecule has 31 heavy (non-hydrogen) atoms. The van der Waals surface area contributed by atoms with Crippen molar-refractivity contribution >= 4 is 40.8 Å². The zero-order valence-electron chi connectivity index (χ0n) is 18.3. The molecule has 1 saturated carbocycles. The SMILES string of the molecule is CCc1nncn1CCNC(=NCCc1c[nH]c2ccccc12)NC1CCCCC1.I. The Morgan fingerprint density at radius 3 is 2.90 bits per heavy atom. The van der Waals surface area contributed by atoms with Crippen molar-refractivity contribution in [3.63, 3.8) is 0 Å². The first-order valence-corrected chi connectivity index (χ1v) is 11.3. The van der Waals surface area contributed by atoms with Gasteiger partial charge in [0.2, 0.25) is 0 Å². The number of rotatable bonds is 8. The molecule has 0 unspecified atom stereocenters. The summed E-state index contributed by atoms with van der Waals surface area (Å²) in [6.45, 7) is 4.51. The Morgan fingerprint density at radius 2 is 2.06 bits per heavy atom. The van der Waals surface area contributed by atoms with Gasteiger partial charge in [-0.1, -0.05) is 44.4 Å². The normalized spacial score (nSPS) is 15.1. The summed E-state index contributed by atoms with van der Waals surface area (Å²) in [7, 11) is 0. The van der Waals surface area contributed by atoms with Gasteiger partial charge >= 0.3 is 0 Å². The molecule has 3 aromatic rings. The van der Waals surface area contributed by atoms with E-state index in [2.05, 4.69) is 67.8 Å². The number of benzene rings is 1. The third-order valence-corrected chi connectivity index (χ3v) is 5.93. The lowest BCUT2D eigenvalue weighted by Gasteiger charge is -2.25. The van der Waals surface area contributed by atoms with Gasteiger partial charge < -0.3 is 20.2 Å². The minimum absolute atomic E-state index is 0. The van der Waals surface area contributed by atoms with Gasteiger partial charge in [0.05, 0.1) is 0 Å². The molecule has 4 rings (SSSR count). The van der Waals surface area contributed by atoms with Gasteiger partial charge in [-0.15, -0.1) is 34.2 Å². The zero-order chi connectivity index (χ0) is 20.6. The van der Waals surface area contributed by atoms with Gasteiger partial charge in [0.15, 0.2) is 5.96 Å². The van der Waals surface area contributed by atoms with Gasteiger partial charge in [-0.2, -0.15) is 0 Å². The zero-order valence-corrected chi connectivity index (χ0v) is 20.6. The van der Waals surface area contributed by atoms with E-state index < -0.39 is 0 Å². The minimum Gasteiger partial charge on any atom is -0.361 e. The van der Waals surface area contributed by atoms with E-state index in [4.69, 9.17) is 4.99 Å². The molecule has 7 nitrogen and oxygen atoms in total. The maximum atomic E-state index is 4.90. The Morgan fingerprint density at radius 1 is 1.23 bits per heavy atom. The van der Waals surface area contributed by atoms with Crippen LogP contribution in [0.4, 0.5) is 0 Å². The molecule has 0 atom stereocenters. The predicted octanol–water partition coefficient (Wildman–Crippen LogP) is 4.05. The molecule has 2 aromatic heterocycles. The van der Waals surface area contributed by atoms with E-state index in [0.29, 0.717) is 6.04 Å². The van der Waals surface area contributed by atoms with Gasteiger partial charge in [-0.25, -0.2) is 0 Å². The van der Waals surface area contributed by atoms with Crippen LogP contribution in [0.15, 0.2) is 41.8 Å². The van der Waals surface area contributed by atoms with Crippen molar-refractivity contribution in [1.82, 2.24) is 30.4 Å². The van der Waals surface area contributed by atoms with E-state index in [1.54, 1.807) is 0 Å². The fourth-order valence-electron chi connectivity index (χ4n) is 4.25. The van der Waals surface area contributed by atoms with Crippen molar-refractivity contribution in [2.75, 3.05) is 13.1 Å². The van der Waals surface area contributed by atoms with Crippen LogP contribution in [0.5, 0.6) is 0 Å². The van der Waals surface area contributed by atoms with Crippen molar-refractivity contribution in [3.05, 3.63) is 48.2 Å². The number of guanidine groups is 1. The van der Waals surface area contributed by atoms with Gasteiger partial charge in [0, 0.05) is 49.2 Å². The van der Waals surface area contributed by atoms with Gasteiger partial charge in [0.25, 0.3) is 0 Å². The fourth-order valence-corrected chi connectivity index (χ4v) is 4.25. The van der Waals surface area contributed by atoms with Gasteiger partial charge in [-0.3, -0.25) is 4.99 Å². The Kier molecular flexibility index (Phi) is 9.17. The summed E-state index contributed by atoms with van der Waals surface area (Å²) in [6, 6.07) is 8.98. The molecule has 0 amide bonds. The number of H-pyrrole nitrogens is 1. The van der Waals surface area contributed by atoms with Crippen LogP contribution in [0.1, 0.15) is 50.4 Å². The lowest BCUT2D eigenvalue weighted by molar-refractivity contribution is 0.409. The molecule has 1 aliphatic carbocycles. The highest BCUT2D eigenvalue weighted by Gasteiger charge is 2.14. The second kappa shape index (κ2) is 12.1. The highest BCUT2D eigenvalue weighted by molar-refractivity contribution is 14.0. The first kappa shape index (κ1) is 23.6. The van der Waals surface area contributed by atoms with E-state index in [1.807, 2.05) is 6.33 Å². The molecule has 0 bridgehead atoms. The van der Waals surface area contributed by atoms with Crippen LogP contribution in [-0.4, -0.2) is 44.8 Å². The standard InChI is InChI=1S/C23H33N7.HI/c1-2-22-29-27-17-30(22)15-14-25-23(28-19-8-4-3-5-9-19)24-13-12-18-16-26-21-11-7-6-10-20(18)21;/h6-7,10-11,16-17,19,26H,2-5,8-9,12-15H2,1H3,(H2,24,25,28);1H. The first-order valence-electron chi connectivity index (χ1n) is 11.3. The first-order chi connectivity index (χ1) is 14.8. The molecular weight excluding hydrogens is 501 g/mol. The summed E-state index contributed by atoms with van der Waals surface area (Å²) >= 11 is 0. The van der Waals surface area contributed by atoms with Crippen LogP contribution >= 0.6 is 24.0 Å². The quantitative estimate of drug-likeness (QED) is 0.231. The fraction of sp³-hybridized carbons (Fsp3) is 0.522. The van der Waals surface area contributed by atoms with Crippen LogP contribution < -0.4 is 10.6 Å². The van der Waals surface area contributed by atoms with E-state index in [1.165, 1.54) is 48.6 Å². The molecule has 0 aliphatic heterocycles. The van der Waals surface area contributed by atoms with E-state index in [-0.39, 0.29) is 24.0 Å². The lowest BCUT2D eigenvalue weighted by Crippen LogP contribution is -2.45. The van der Waals surface area contributed by atoms with Crippen molar-refractivity contribution in [3.8, 4) is 0 Å². The topological polar surface area (TPSA) is 82.9 Å². The number of hydrogen-bond acceptors (Lipinski definition) is 3. The summed E-state index contributed by atoms with van der Waals surface area (Å²) in [6.07, 6.45) is 12.2.